The van der Waals surface area contributed by atoms with Crippen molar-refractivity contribution in [2.75, 3.05) is 0 Å². The molecule has 0 fully saturated rings. The molecule has 0 spiro atoms. The minimum Gasteiger partial charge on any atom is -0.427 e. The van der Waals surface area contributed by atoms with Crippen molar-refractivity contribution in [2.24, 2.45) is 0 Å². The van der Waals surface area contributed by atoms with Crippen LogP contribution in [0.1, 0.15) is 95.8 Å². The quantitative estimate of drug-likeness (QED) is 0.144. The predicted molar refractivity (Wildman–Crippen MR) is 163 cm³/mol. The van der Waals surface area contributed by atoms with Crippen LogP contribution >= 0.6 is 0 Å². The summed E-state index contributed by atoms with van der Waals surface area (Å²) in [6, 6.07) is 22.1. The normalized spacial score (nSPS) is 11.4. The molecule has 39 heavy (non-hydrogen) atoms. The van der Waals surface area contributed by atoms with E-state index >= 15 is 4.39 Å². The van der Waals surface area contributed by atoms with Crippen molar-refractivity contribution in [1.82, 2.24) is 0 Å². The number of halogens is 1. The van der Waals surface area contributed by atoms with Gasteiger partial charge in [-0.3, -0.25) is 0 Å². The van der Waals surface area contributed by atoms with Gasteiger partial charge in [-0.15, -0.1) is 0 Å². The molecule has 0 saturated carbocycles. The van der Waals surface area contributed by atoms with Crippen molar-refractivity contribution in [1.29, 1.82) is 0 Å². The molecular weight excluding hydrogens is 483 g/mol. The topological polar surface area (TPSA) is 30.2 Å². The van der Waals surface area contributed by atoms with Gasteiger partial charge in [0, 0.05) is 12.0 Å². The molecule has 3 aromatic carbocycles. The summed E-state index contributed by atoms with van der Waals surface area (Å²) < 4.78 is 21.1. The average molecular weight is 527 g/mol. The molecule has 0 amide bonds. The maximum atomic E-state index is 15.6. The molecule has 2 nitrogen and oxygen atoms in total. The molecule has 1 aromatic heterocycles. The fourth-order valence-electron chi connectivity index (χ4n) is 5.36. The fourth-order valence-corrected chi connectivity index (χ4v) is 5.36. The number of benzene rings is 3. The van der Waals surface area contributed by atoms with Crippen LogP contribution in [-0.4, -0.2) is 0 Å². The molecule has 4 aromatic rings. The zero-order valence-electron chi connectivity index (χ0n) is 23.7. The Kier molecular flexibility index (Phi) is 10.9. The van der Waals surface area contributed by atoms with Crippen LogP contribution in [0, 0.1) is 5.82 Å². The largest absolute Gasteiger partial charge is 0.427 e. The molecule has 0 aliphatic heterocycles. The Morgan fingerprint density at radius 3 is 1.79 bits per heavy atom. The van der Waals surface area contributed by atoms with Crippen LogP contribution in [0.15, 0.2) is 75.9 Å². The molecule has 0 N–H and O–H groups in total. The van der Waals surface area contributed by atoms with E-state index in [2.05, 4.69) is 38.1 Å². The highest BCUT2D eigenvalue weighted by Crippen LogP contribution is 2.30. The first-order chi connectivity index (χ1) is 19.1. The van der Waals surface area contributed by atoms with Crippen molar-refractivity contribution in [3.63, 3.8) is 0 Å². The molecule has 0 atom stereocenters. The highest BCUT2D eigenvalue weighted by atomic mass is 19.1. The van der Waals surface area contributed by atoms with Crippen LogP contribution in [0.4, 0.5) is 4.39 Å². The second-order valence-electron chi connectivity index (χ2n) is 10.8. The Bertz CT molecular complexity index is 1370. The zero-order chi connectivity index (χ0) is 27.5. The molecule has 0 bridgehead atoms. The van der Waals surface area contributed by atoms with E-state index in [-0.39, 0.29) is 5.39 Å². The smallest absolute Gasteiger partial charge is 0.346 e. The van der Waals surface area contributed by atoms with E-state index < -0.39 is 11.4 Å². The molecule has 4 rings (SSSR count). The van der Waals surface area contributed by atoms with Gasteiger partial charge in [0.05, 0.1) is 0 Å². The van der Waals surface area contributed by atoms with Crippen molar-refractivity contribution in [3.05, 3.63) is 94.3 Å². The SMILES string of the molecule is CCCCCCCCc1cc2ccc(-c3ccc(-c4ccc(CCCCCCC)cc4)cc3)c(F)c2c(=O)o1. The summed E-state index contributed by atoms with van der Waals surface area (Å²) >= 11 is 0. The van der Waals surface area contributed by atoms with Gasteiger partial charge in [-0.25, -0.2) is 9.18 Å². The molecule has 206 valence electrons. The second-order valence-corrected chi connectivity index (χ2v) is 10.8. The van der Waals surface area contributed by atoms with Crippen LogP contribution in [0.25, 0.3) is 33.0 Å². The number of rotatable bonds is 15. The molecule has 3 heteroatoms. The summed E-state index contributed by atoms with van der Waals surface area (Å²) in [5.74, 6) is 0.130. The number of fused-ring (bicyclic) bond motifs is 1. The first-order valence-electron chi connectivity index (χ1n) is 15.1. The molecular formula is C36H43FO2. The number of hydrogen-bond donors (Lipinski definition) is 0. The minimum absolute atomic E-state index is 0.0357. The van der Waals surface area contributed by atoms with Gasteiger partial charge in [0.15, 0.2) is 0 Å². The summed E-state index contributed by atoms with van der Waals surface area (Å²) in [6.45, 7) is 4.45. The minimum atomic E-state index is -0.588. The molecule has 0 aliphatic carbocycles. The third kappa shape index (κ3) is 7.91. The average Bonchev–Trinajstić information content (AvgIpc) is 2.95. The summed E-state index contributed by atoms with van der Waals surface area (Å²) in [5.41, 5.74) is 4.19. The van der Waals surface area contributed by atoms with Gasteiger partial charge in [0.1, 0.15) is 17.0 Å². The van der Waals surface area contributed by atoms with Crippen molar-refractivity contribution >= 4 is 10.8 Å². The zero-order valence-corrected chi connectivity index (χ0v) is 23.7. The predicted octanol–water partition coefficient (Wildman–Crippen LogP) is 10.7. The Labute approximate surface area is 233 Å². The first-order valence-corrected chi connectivity index (χ1v) is 15.1. The van der Waals surface area contributed by atoms with Crippen LogP contribution < -0.4 is 5.63 Å². The molecule has 0 unspecified atom stereocenters. The van der Waals surface area contributed by atoms with Crippen molar-refractivity contribution in [3.8, 4) is 22.3 Å². The van der Waals surface area contributed by atoms with Crippen LogP contribution in [0.5, 0.6) is 0 Å². The number of unbranched alkanes of at least 4 members (excludes halogenated alkanes) is 9. The van der Waals surface area contributed by atoms with Gasteiger partial charge >= 0.3 is 5.63 Å². The summed E-state index contributed by atoms with van der Waals surface area (Å²) in [6.07, 6.45) is 15.3. The lowest BCUT2D eigenvalue weighted by Gasteiger charge is -2.09. The van der Waals surface area contributed by atoms with Gasteiger partial charge < -0.3 is 4.42 Å². The number of hydrogen-bond acceptors (Lipinski definition) is 2. The van der Waals surface area contributed by atoms with E-state index in [4.69, 9.17) is 4.42 Å². The van der Waals surface area contributed by atoms with Gasteiger partial charge in [-0.1, -0.05) is 132 Å². The Hall–Kier alpha value is -3.20. The lowest BCUT2D eigenvalue weighted by Crippen LogP contribution is -2.05. The van der Waals surface area contributed by atoms with E-state index in [0.29, 0.717) is 23.1 Å². The maximum absolute atomic E-state index is 15.6. The van der Waals surface area contributed by atoms with E-state index in [1.165, 1.54) is 63.4 Å². The summed E-state index contributed by atoms with van der Waals surface area (Å²) in [7, 11) is 0. The van der Waals surface area contributed by atoms with Gasteiger partial charge in [0.25, 0.3) is 0 Å². The molecule has 0 saturated heterocycles. The van der Waals surface area contributed by atoms with Crippen LogP contribution in [-0.2, 0) is 12.8 Å². The second kappa shape index (κ2) is 14.8. The maximum Gasteiger partial charge on any atom is 0.346 e. The monoisotopic (exact) mass is 526 g/mol. The van der Waals surface area contributed by atoms with Gasteiger partial charge in [-0.05, 0) is 53.0 Å². The van der Waals surface area contributed by atoms with Gasteiger partial charge in [-0.2, -0.15) is 0 Å². The Balaban J connectivity index is 1.42. The molecule has 0 aliphatic rings. The van der Waals surface area contributed by atoms with Crippen molar-refractivity contribution in [2.45, 2.75) is 97.3 Å². The van der Waals surface area contributed by atoms with E-state index in [1.807, 2.05) is 36.4 Å². The third-order valence-corrected chi connectivity index (χ3v) is 7.75. The fraction of sp³-hybridized carbons (Fsp3) is 0.417. The third-order valence-electron chi connectivity index (χ3n) is 7.75. The Morgan fingerprint density at radius 2 is 1.15 bits per heavy atom. The summed E-state index contributed by atoms with van der Waals surface area (Å²) in [5, 5.41) is 0.643. The Morgan fingerprint density at radius 1 is 0.615 bits per heavy atom. The lowest BCUT2D eigenvalue weighted by molar-refractivity contribution is 0.453. The first kappa shape index (κ1) is 28.8. The van der Waals surface area contributed by atoms with Gasteiger partial charge in [0.2, 0.25) is 0 Å². The summed E-state index contributed by atoms with van der Waals surface area (Å²) in [4.78, 5) is 12.8. The highest BCUT2D eigenvalue weighted by Gasteiger charge is 2.15. The highest BCUT2D eigenvalue weighted by molar-refractivity contribution is 5.87. The van der Waals surface area contributed by atoms with Crippen LogP contribution in [0.3, 0.4) is 0 Å². The molecule has 0 radical (unpaired) electrons. The van der Waals surface area contributed by atoms with Crippen molar-refractivity contribution < 1.29 is 8.81 Å². The van der Waals surface area contributed by atoms with Crippen LogP contribution in [0.2, 0.25) is 0 Å². The molecule has 1 heterocycles. The lowest BCUT2D eigenvalue weighted by atomic mass is 9.97. The van der Waals surface area contributed by atoms with E-state index in [9.17, 15) is 4.79 Å². The van der Waals surface area contributed by atoms with E-state index in [0.717, 1.165) is 36.0 Å². The standard InChI is InChI=1S/C36H43FO2/c1-3-5-7-9-11-13-15-32-26-31-24-25-33(35(37)34(31)36(38)39-32)30-22-20-29(21-23-30)28-18-16-27(17-19-28)14-12-10-8-6-4-2/h16-26H,3-15H2,1-2H3. The number of aryl methyl sites for hydroxylation is 2. The van der Waals surface area contributed by atoms with E-state index in [1.54, 1.807) is 6.07 Å².